The van der Waals surface area contributed by atoms with Gasteiger partial charge in [0.25, 0.3) is 0 Å². The molecule has 1 aromatic heterocycles. The van der Waals surface area contributed by atoms with Crippen LogP contribution < -0.4 is 4.90 Å². The molecule has 1 aliphatic rings. The number of nitrogens with zero attached hydrogens (tertiary/aromatic N) is 2. The minimum Gasteiger partial charge on any atom is -0.310 e. The summed E-state index contributed by atoms with van der Waals surface area (Å²) >= 11 is 0. The number of aromatic nitrogens is 1. The van der Waals surface area contributed by atoms with Crippen LogP contribution in [0.25, 0.3) is 81.7 Å². The maximum Gasteiger partial charge on any atom is 0.0544 e. The SMILES string of the molecule is CC1(C)c2cc3cc(N(c4ccc5ccccc5c4)c4ccc5ccccc5c4)ccc3cc2-c2c1cc(-n1c3ccccc3c3ccccc31)c1ccccc21. The smallest absolute Gasteiger partial charge is 0.0544 e. The molecule has 0 aliphatic heterocycles. The fourth-order valence-corrected chi connectivity index (χ4v) is 9.88. The van der Waals surface area contributed by atoms with Gasteiger partial charge in [0.2, 0.25) is 0 Å². The van der Waals surface area contributed by atoms with Crippen molar-refractivity contribution in [2.45, 2.75) is 19.3 Å². The zero-order valence-electron chi connectivity index (χ0n) is 31.9. The van der Waals surface area contributed by atoms with Gasteiger partial charge in [-0.1, -0.05) is 141 Å². The van der Waals surface area contributed by atoms with Crippen molar-refractivity contribution >= 4 is 82.0 Å². The van der Waals surface area contributed by atoms with Gasteiger partial charge in [0.1, 0.15) is 0 Å². The van der Waals surface area contributed by atoms with Crippen molar-refractivity contribution in [3.8, 4) is 16.8 Å². The van der Waals surface area contributed by atoms with Crippen molar-refractivity contribution in [1.29, 1.82) is 0 Å². The van der Waals surface area contributed by atoms with E-state index in [1.165, 1.54) is 92.8 Å². The summed E-state index contributed by atoms with van der Waals surface area (Å²) in [4.78, 5) is 2.41. The van der Waals surface area contributed by atoms with Gasteiger partial charge in [0, 0.05) is 38.6 Å². The molecule has 10 aromatic carbocycles. The highest BCUT2D eigenvalue weighted by molar-refractivity contribution is 6.13. The second kappa shape index (κ2) is 11.9. The Bertz CT molecular complexity index is 3320. The van der Waals surface area contributed by atoms with E-state index in [0.29, 0.717) is 0 Å². The van der Waals surface area contributed by atoms with Crippen molar-refractivity contribution in [2.75, 3.05) is 4.90 Å². The molecular weight excluding hydrogens is 689 g/mol. The minimum atomic E-state index is -0.219. The second-order valence-corrected chi connectivity index (χ2v) is 16.2. The number of para-hydroxylation sites is 2. The van der Waals surface area contributed by atoms with E-state index in [0.717, 1.165) is 17.1 Å². The van der Waals surface area contributed by atoms with Gasteiger partial charge in [0.15, 0.2) is 0 Å². The maximum absolute atomic E-state index is 2.49. The Kier molecular flexibility index (Phi) is 6.72. The molecule has 1 heterocycles. The van der Waals surface area contributed by atoms with Gasteiger partial charge in [-0.3, -0.25) is 0 Å². The maximum atomic E-state index is 2.49. The minimum absolute atomic E-state index is 0.219. The lowest BCUT2D eigenvalue weighted by Crippen LogP contribution is -2.15. The van der Waals surface area contributed by atoms with Crippen LogP contribution in [-0.2, 0) is 5.41 Å². The number of fused-ring (bicyclic) bond motifs is 11. The number of hydrogen-bond acceptors (Lipinski definition) is 1. The van der Waals surface area contributed by atoms with Crippen LogP contribution in [0.3, 0.4) is 0 Å². The number of benzene rings is 10. The van der Waals surface area contributed by atoms with Crippen LogP contribution in [0.2, 0.25) is 0 Å². The summed E-state index contributed by atoms with van der Waals surface area (Å²) in [7, 11) is 0. The van der Waals surface area contributed by atoms with E-state index in [9.17, 15) is 0 Å². The summed E-state index contributed by atoms with van der Waals surface area (Å²) in [5.74, 6) is 0. The van der Waals surface area contributed by atoms with E-state index in [4.69, 9.17) is 0 Å². The fraction of sp³-hybridized carbons (Fsp3) is 0.0545. The van der Waals surface area contributed by atoms with Gasteiger partial charge in [0.05, 0.1) is 16.7 Å². The third kappa shape index (κ3) is 4.71. The summed E-state index contributed by atoms with van der Waals surface area (Å²) in [6.07, 6.45) is 0. The van der Waals surface area contributed by atoms with Gasteiger partial charge in [-0.25, -0.2) is 0 Å². The van der Waals surface area contributed by atoms with E-state index in [2.05, 4.69) is 217 Å². The standard InChI is InChI=1S/C55H38N2/c1-55(2)49-33-40-31-43(56(41-26-23-35-13-3-5-15-37(35)29-41)42-27-24-36-14-4-6-16-38(36)30-42)28-25-39(40)32-48(49)54-47-20-8-7-19-46(47)53(34-50(54)55)57-51-21-11-9-17-44(51)45-18-10-12-22-52(45)57/h3-34H,1-2H3. The van der Waals surface area contributed by atoms with E-state index in [1.807, 2.05) is 0 Å². The van der Waals surface area contributed by atoms with Crippen molar-refractivity contribution < 1.29 is 0 Å². The molecule has 268 valence electrons. The van der Waals surface area contributed by atoms with Crippen molar-refractivity contribution in [3.05, 3.63) is 205 Å². The third-order valence-electron chi connectivity index (χ3n) is 12.7. The van der Waals surface area contributed by atoms with Crippen LogP contribution in [0.4, 0.5) is 17.1 Å². The van der Waals surface area contributed by atoms with Gasteiger partial charge in [-0.15, -0.1) is 0 Å². The molecule has 0 atom stereocenters. The molecule has 2 nitrogen and oxygen atoms in total. The normalized spacial score (nSPS) is 13.2. The second-order valence-electron chi connectivity index (χ2n) is 16.2. The first kappa shape index (κ1) is 32.1. The summed E-state index contributed by atoms with van der Waals surface area (Å²) in [5, 5.41) is 12.6. The molecule has 1 aliphatic carbocycles. The average molecular weight is 727 g/mol. The Morgan fingerprint density at radius 1 is 0.368 bits per heavy atom. The van der Waals surface area contributed by atoms with Gasteiger partial charge in [-0.05, 0) is 127 Å². The highest BCUT2D eigenvalue weighted by atomic mass is 15.1. The van der Waals surface area contributed by atoms with Gasteiger partial charge in [-0.2, -0.15) is 0 Å². The lowest BCUT2D eigenvalue weighted by molar-refractivity contribution is 0.661. The highest BCUT2D eigenvalue weighted by Crippen LogP contribution is 2.54. The zero-order chi connectivity index (χ0) is 37.8. The van der Waals surface area contributed by atoms with E-state index >= 15 is 0 Å². The predicted molar refractivity (Wildman–Crippen MR) is 243 cm³/mol. The predicted octanol–water partition coefficient (Wildman–Crippen LogP) is 15.2. The van der Waals surface area contributed by atoms with Crippen LogP contribution in [0.15, 0.2) is 194 Å². The summed E-state index contributed by atoms with van der Waals surface area (Å²) < 4.78 is 2.49. The molecule has 0 saturated carbocycles. The first-order valence-electron chi connectivity index (χ1n) is 19.9. The molecule has 0 bridgehead atoms. The van der Waals surface area contributed by atoms with Crippen LogP contribution in [0, 0.1) is 0 Å². The molecule has 0 saturated heterocycles. The van der Waals surface area contributed by atoms with Crippen LogP contribution in [-0.4, -0.2) is 4.57 Å². The molecule has 0 N–H and O–H groups in total. The van der Waals surface area contributed by atoms with E-state index in [-0.39, 0.29) is 5.41 Å². The lowest BCUT2D eigenvalue weighted by atomic mass is 9.81. The topological polar surface area (TPSA) is 8.17 Å². The largest absolute Gasteiger partial charge is 0.310 e. The van der Waals surface area contributed by atoms with Crippen LogP contribution in [0.1, 0.15) is 25.0 Å². The number of hydrogen-bond donors (Lipinski definition) is 0. The Morgan fingerprint density at radius 2 is 0.825 bits per heavy atom. The molecular formula is C55H38N2. The van der Waals surface area contributed by atoms with Gasteiger partial charge >= 0.3 is 0 Å². The molecule has 0 amide bonds. The van der Waals surface area contributed by atoms with Crippen molar-refractivity contribution in [2.24, 2.45) is 0 Å². The molecule has 2 heteroatoms. The van der Waals surface area contributed by atoms with Crippen molar-refractivity contribution in [3.63, 3.8) is 0 Å². The average Bonchev–Trinajstić information content (AvgIpc) is 3.70. The monoisotopic (exact) mass is 726 g/mol. The van der Waals surface area contributed by atoms with Crippen LogP contribution >= 0.6 is 0 Å². The molecule has 12 rings (SSSR count). The fourth-order valence-electron chi connectivity index (χ4n) is 9.88. The summed E-state index contributed by atoms with van der Waals surface area (Å²) in [5.41, 5.74) is 12.3. The Labute approximate surface area is 331 Å². The van der Waals surface area contributed by atoms with Crippen molar-refractivity contribution in [1.82, 2.24) is 4.57 Å². The molecule has 0 radical (unpaired) electrons. The Balaban J connectivity index is 1.06. The van der Waals surface area contributed by atoms with E-state index in [1.54, 1.807) is 0 Å². The summed E-state index contributed by atoms with van der Waals surface area (Å²) in [6, 6.07) is 72.0. The lowest BCUT2D eigenvalue weighted by Gasteiger charge is -2.27. The van der Waals surface area contributed by atoms with E-state index < -0.39 is 0 Å². The molecule has 0 fully saturated rings. The number of anilines is 3. The first-order chi connectivity index (χ1) is 28.0. The molecule has 0 spiro atoms. The zero-order valence-corrected chi connectivity index (χ0v) is 31.9. The molecule has 57 heavy (non-hydrogen) atoms. The highest BCUT2D eigenvalue weighted by Gasteiger charge is 2.38. The summed E-state index contributed by atoms with van der Waals surface area (Å²) in [6.45, 7) is 4.82. The Morgan fingerprint density at radius 3 is 1.42 bits per heavy atom. The van der Waals surface area contributed by atoms with Crippen LogP contribution in [0.5, 0.6) is 0 Å². The first-order valence-corrected chi connectivity index (χ1v) is 19.9. The third-order valence-corrected chi connectivity index (χ3v) is 12.7. The Hall–Kier alpha value is -7.16. The van der Waals surface area contributed by atoms with Gasteiger partial charge < -0.3 is 9.47 Å². The molecule has 11 aromatic rings. The molecule has 0 unspecified atom stereocenters. The number of rotatable bonds is 4. The quantitative estimate of drug-likeness (QED) is 0.175.